The Morgan fingerprint density at radius 1 is 1.06 bits per heavy atom. The van der Waals surface area contributed by atoms with Gasteiger partial charge in [0.1, 0.15) is 0 Å². The summed E-state index contributed by atoms with van der Waals surface area (Å²) in [5.74, 6) is 1.38. The molecular formula is C22H28N6O2S. The highest BCUT2D eigenvalue weighted by Gasteiger charge is 2.22. The number of anilines is 1. The first-order chi connectivity index (χ1) is 15.2. The first-order valence-electron chi connectivity index (χ1n) is 10.7. The van der Waals surface area contributed by atoms with E-state index in [-0.39, 0.29) is 0 Å². The number of morpholine rings is 1. The number of pyridine rings is 1. The van der Waals surface area contributed by atoms with Gasteiger partial charge in [-0.25, -0.2) is 15.0 Å². The van der Waals surface area contributed by atoms with Gasteiger partial charge in [0.2, 0.25) is 11.8 Å². The van der Waals surface area contributed by atoms with E-state index in [1.807, 2.05) is 18.3 Å². The van der Waals surface area contributed by atoms with E-state index in [0.29, 0.717) is 19.1 Å². The molecule has 0 radical (unpaired) electrons. The Hall–Kier alpha value is -2.33. The molecule has 2 aliphatic heterocycles. The van der Waals surface area contributed by atoms with E-state index < -0.39 is 0 Å². The number of thiophene rings is 1. The quantitative estimate of drug-likeness (QED) is 0.599. The van der Waals surface area contributed by atoms with Gasteiger partial charge in [0.05, 0.1) is 36.2 Å². The molecule has 0 aliphatic carbocycles. The predicted molar refractivity (Wildman–Crippen MR) is 123 cm³/mol. The fraction of sp³-hybridized carbons (Fsp3) is 0.500. The summed E-state index contributed by atoms with van der Waals surface area (Å²) >= 11 is 1.73. The van der Waals surface area contributed by atoms with Crippen LogP contribution in [0.5, 0.6) is 5.88 Å². The number of rotatable bonds is 5. The van der Waals surface area contributed by atoms with Crippen molar-refractivity contribution in [2.24, 2.45) is 0 Å². The second kappa shape index (κ2) is 9.04. The lowest BCUT2D eigenvalue weighted by atomic mass is 10.1. The van der Waals surface area contributed by atoms with Crippen LogP contribution in [0.25, 0.3) is 21.5 Å². The Morgan fingerprint density at radius 2 is 1.87 bits per heavy atom. The van der Waals surface area contributed by atoms with E-state index in [1.165, 1.54) is 5.56 Å². The normalized spacial score (nSPS) is 18.6. The van der Waals surface area contributed by atoms with Crippen LogP contribution in [0.15, 0.2) is 23.7 Å². The molecule has 2 saturated heterocycles. The molecule has 0 saturated carbocycles. The Bertz CT molecular complexity index is 1030. The molecule has 8 nitrogen and oxygen atoms in total. The second-order valence-corrected chi connectivity index (χ2v) is 8.96. The lowest BCUT2D eigenvalue weighted by Crippen LogP contribution is -2.43. The van der Waals surface area contributed by atoms with Gasteiger partial charge >= 0.3 is 0 Å². The SMILES string of the molecule is COc1ccc(-c2nc(N3CCOCC3)nc3c(CN4CCN(C)CC4)csc23)cn1. The molecule has 0 atom stereocenters. The van der Waals surface area contributed by atoms with Crippen LogP contribution in [-0.2, 0) is 11.3 Å². The average molecular weight is 441 g/mol. The molecule has 0 unspecified atom stereocenters. The minimum Gasteiger partial charge on any atom is -0.481 e. The van der Waals surface area contributed by atoms with Gasteiger partial charge in [-0.1, -0.05) is 0 Å². The van der Waals surface area contributed by atoms with Crippen molar-refractivity contribution in [3.63, 3.8) is 0 Å². The molecule has 164 valence electrons. The lowest BCUT2D eigenvalue weighted by Gasteiger charge is -2.32. The highest BCUT2D eigenvalue weighted by Crippen LogP contribution is 2.35. The number of hydrogen-bond donors (Lipinski definition) is 0. The molecular weight excluding hydrogens is 412 g/mol. The van der Waals surface area contributed by atoms with Crippen LogP contribution < -0.4 is 9.64 Å². The number of piperazine rings is 1. The number of hydrogen-bond acceptors (Lipinski definition) is 9. The van der Waals surface area contributed by atoms with Crippen LogP contribution in [0.1, 0.15) is 5.56 Å². The van der Waals surface area contributed by atoms with E-state index in [4.69, 9.17) is 19.4 Å². The van der Waals surface area contributed by atoms with Crippen molar-refractivity contribution in [1.29, 1.82) is 0 Å². The van der Waals surface area contributed by atoms with Crippen molar-refractivity contribution in [2.45, 2.75) is 6.54 Å². The highest BCUT2D eigenvalue weighted by atomic mass is 32.1. The number of aromatic nitrogens is 3. The second-order valence-electron chi connectivity index (χ2n) is 8.08. The summed E-state index contributed by atoms with van der Waals surface area (Å²) in [6.45, 7) is 8.35. The van der Waals surface area contributed by atoms with E-state index in [2.05, 4.69) is 32.1 Å². The Morgan fingerprint density at radius 3 is 2.58 bits per heavy atom. The summed E-state index contributed by atoms with van der Waals surface area (Å²) in [4.78, 5) is 21.6. The zero-order chi connectivity index (χ0) is 21.2. The van der Waals surface area contributed by atoms with Crippen molar-refractivity contribution in [1.82, 2.24) is 24.8 Å². The predicted octanol–water partition coefficient (Wildman–Crippen LogP) is 2.35. The third kappa shape index (κ3) is 4.36. The Kier molecular flexibility index (Phi) is 5.99. The van der Waals surface area contributed by atoms with Gasteiger partial charge in [0.25, 0.3) is 0 Å². The number of ether oxygens (including phenoxy) is 2. The zero-order valence-corrected chi connectivity index (χ0v) is 18.9. The van der Waals surface area contributed by atoms with Gasteiger partial charge in [0, 0.05) is 69.2 Å². The van der Waals surface area contributed by atoms with E-state index >= 15 is 0 Å². The summed E-state index contributed by atoms with van der Waals surface area (Å²) in [7, 11) is 3.82. The largest absolute Gasteiger partial charge is 0.481 e. The number of fused-ring (bicyclic) bond motifs is 1. The Labute approximate surface area is 186 Å². The average Bonchev–Trinajstić information content (AvgIpc) is 3.23. The minimum absolute atomic E-state index is 0.601. The molecule has 0 aromatic carbocycles. The molecule has 5 rings (SSSR count). The third-order valence-corrected chi connectivity index (χ3v) is 7.00. The standard InChI is InChI=1S/C22H28N6O2S/c1-26-5-7-27(8-6-26)14-17-15-31-21-19(16-3-4-18(29-2)23-13-16)24-22(25-20(17)21)28-9-11-30-12-10-28/h3-4,13,15H,5-12,14H2,1-2H3. The van der Waals surface area contributed by atoms with Gasteiger partial charge in [-0.3, -0.25) is 4.90 Å². The van der Waals surface area contributed by atoms with Crippen molar-refractivity contribution in [2.75, 3.05) is 71.5 Å². The molecule has 3 aromatic heterocycles. The summed E-state index contributed by atoms with van der Waals surface area (Å²) in [5, 5.41) is 2.25. The van der Waals surface area contributed by atoms with E-state index in [9.17, 15) is 0 Å². The molecule has 2 fully saturated rings. The smallest absolute Gasteiger partial charge is 0.226 e. The molecule has 0 spiro atoms. The van der Waals surface area contributed by atoms with Gasteiger partial charge in [-0.15, -0.1) is 11.3 Å². The fourth-order valence-electron chi connectivity index (χ4n) is 4.05. The summed E-state index contributed by atoms with van der Waals surface area (Å²) in [5.41, 5.74) is 4.27. The van der Waals surface area contributed by atoms with Crippen LogP contribution in [-0.4, -0.2) is 91.4 Å². The molecule has 0 amide bonds. The van der Waals surface area contributed by atoms with E-state index in [1.54, 1.807) is 18.4 Å². The van der Waals surface area contributed by atoms with Crippen LogP contribution in [0.2, 0.25) is 0 Å². The van der Waals surface area contributed by atoms with Gasteiger partial charge in [-0.05, 0) is 18.5 Å². The number of methoxy groups -OCH3 is 1. The third-order valence-electron chi connectivity index (χ3n) is 5.98. The molecule has 5 heterocycles. The molecule has 0 N–H and O–H groups in total. The zero-order valence-electron chi connectivity index (χ0n) is 18.1. The van der Waals surface area contributed by atoms with Gasteiger partial charge in [-0.2, -0.15) is 0 Å². The Balaban J connectivity index is 1.55. The topological polar surface area (TPSA) is 66.9 Å². The van der Waals surface area contributed by atoms with Crippen LogP contribution in [0, 0.1) is 0 Å². The van der Waals surface area contributed by atoms with Gasteiger partial charge < -0.3 is 19.3 Å². The van der Waals surface area contributed by atoms with Crippen LogP contribution >= 0.6 is 11.3 Å². The number of likely N-dealkylation sites (N-methyl/N-ethyl adjacent to an activating group) is 1. The van der Waals surface area contributed by atoms with Crippen LogP contribution in [0.3, 0.4) is 0 Å². The first-order valence-corrected chi connectivity index (χ1v) is 11.6. The van der Waals surface area contributed by atoms with Crippen molar-refractivity contribution < 1.29 is 9.47 Å². The van der Waals surface area contributed by atoms with Crippen molar-refractivity contribution in [3.05, 3.63) is 29.3 Å². The lowest BCUT2D eigenvalue weighted by molar-refractivity contribution is 0.122. The molecule has 9 heteroatoms. The molecule has 31 heavy (non-hydrogen) atoms. The fourth-order valence-corrected chi connectivity index (χ4v) is 5.06. The number of nitrogens with zero attached hydrogens (tertiary/aromatic N) is 6. The molecule has 3 aromatic rings. The maximum Gasteiger partial charge on any atom is 0.226 e. The van der Waals surface area contributed by atoms with Crippen molar-refractivity contribution in [3.8, 4) is 17.1 Å². The maximum absolute atomic E-state index is 5.54. The summed E-state index contributed by atoms with van der Waals surface area (Å²) in [6.07, 6.45) is 1.84. The minimum atomic E-state index is 0.601. The molecule has 2 aliphatic rings. The monoisotopic (exact) mass is 440 g/mol. The summed E-state index contributed by atoms with van der Waals surface area (Å²) in [6, 6.07) is 3.91. The van der Waals surface area contributed by atoms with Gasteiger partial charge in [0.15, 0.2) is 0 Å². The van der Waals surface area contributed by atoms with Crippen molar-refractivity contribution >= 4 is 27.5 Å². The summed E-state index contributed by atoms with van der Waals surface area (Å²) < 4.78 is 11.9. The maximum atomic E-state index is 5.54. The molecule has 0 bridgehead atoms. The first kappa shape index (κ1) is 20.6. The highest BCUT2D eigenvalue weighted by molar-refractivity contribution is 7.17. The van der Waals surface area contributed by atoms with Crippen LogP contribution in [0.4, 0.5) is 5.95 Å². The van der Waals surface area contributed by atoms with E-state index in [0.717, 1.165) is 73.2 Å².